The molecule has 0 radical (unpaired) electrons. The van der Waals surface area contributed by atoms with Crippen LogP contribution in [0.4, 0.5) is 0 Å². The minimum absolute atomic E-state index is 0.350. The Morgan fingerprint density at radius 2 is 1.13 bits per heavy atom. The van der Waals surface area contributed by atoms with E-state index in [-0.39, 0.29) is 0 Å². The molecular weight excluding hydrogens is 460 g/mol. The molecule has 0 saturated carbocycles. The summed E-state index contributed by atoms with van der Waals surface area (Å²) < 4.78 is 2.47. The van der Waals surface area contributed by atoms with Crippen LogP contribution in [0.3, 0.4) is 0 Å². The smallest absolute Gasteiger partial charge is 0.0991 e. The van der Waals surface area contributed by atoms with E-state index in [2.05, 4.69) is 121 Å². The molecule has 38 heavy (non-hydrogen) atoms. The molecule has 0 aliphatic rings. The number of rotatable bonds is 2. The molecule has 6 aromatic carbocycles. The molecule has 0 aliphatic heterocycles. The highest BCUT2D eigenvalue weighted by atomic mass is 14.9. The Morgan fingerprint density at radius 1 is 0.605 bits per heavy atom. The van der Waals surface area contributed by atoms with Gasteiger partial charge in [-0.15, -0.1) is 0 Å². The van der Waals surface area contributed by atoms with Crippen molar-refractivity contribution in [2.24, 2.45) is 0 Å². The summed E-state index contributed by atoms with van der Waals surface area (Å²) in [6.45, 7) is 4.45. The summed E-state index contributed by atoms with van der Waals surface area (Å²) >= 11 is 0. The van der Waals surface area contributed by atoms with E-state index in [4.69, 9.17) is 0 Å². The summed E-state index contributed by atoms with van der Waals surface area (Å²) in [6, 6.07) is 39.8. The van der Waals surface area contributed by atoms with Gasteiger partial charge in [0.15, 0.2) is 0 Å². The van der Waals surface area contributed by atoms with Gasteiger partial charge in [-0.3, -0.25) is 0 Å². The Balaban J connectivity index is 1.61. The molecule has 0 fully saturated rings. The van der Waals surface area contributed by atoms with E-state index in [9.17, 15) is 5.26 Å². The molecule has 0 bridgehead atoms. The molecule has 0 spiro atoms. The first-order valence-electron chi connectivity index (χ1n) is 13.2. The summed E-state index contributed by atoms with van der Waals surface area (Å²) in [6.07, 6.45) is 0. The van der Waals surface area contributed by atoms with Gasteiger partial charge < -0.3 is 4.40 Å². The molecule has 8 rings (SSSR count). The molecule has 8 aromatic rings. The van der Waals surface area contributed by atoms with E-state index in [1.165, 1.54) is 70.8 Å². The zero-order valence-electron chi connectivity index (χ0n) is 21.3. The third-order valence-corrected chi connectivity index (χ3v) is 8.24. The minimum Gasteiger partial charge on any atom is -0.308 e. The average Bonchev–Trinajstić information content (AvgIpc) is 3.44. The van der Waals surface area contributed by atoms with Crippen LogP contribution >= 0.6 is 0 Å². The highest BCUT2D eigenvalue weighted by Gasteiger charge is 2.21. The molecule has 2 aromatic heterocycles. The molecule has 2 heterocycles. The number of nitrogens with zero attached hydrogens (tertiary/aromatic N) is 2. The van der Waals surface area contributed by atoms with Crippen molar-refractivity contribution in [3.8, 4) is 17.2 Å². The zero-order chi connectivity index (χ0) is 25.5. The first-order chi connectivity index (χ1) is 18.6. The number of hydrogen-bond acceptors (Lipinski definition) is 1. The molecule has 0 saturated heterocycles. The van der Waals surface area contributed by atoms with Gasteiger partial charge in [0.05, 0.1) is 28.2 Å². The van der Waals surface area contributed by atoms with Crippen molar-refractivity contribution < 1.29 is 0 Å². The van der Waals surface area contributed by atoms with Crippen LogP contribution in [-0.4, -0.2) is 4.40 Å². The molecule has 0 unspecified atom stereocenters. The topological polar surface area (TPSA) is 28.2 Å². The maximum atomic E-state index is 9.71. The van der Waals surface area contributed by atoms with Gasteiger partial charge in [-0.1, -0.05) is 68.4 Å². The summed E-state index contributed by atoms with van der Waals surface area (Å²) in [4.78, 5) is 0. The van der Waals surface area contributed by atoms with Crippen LogP contribution in [0.15, 0.2) is 103 Å². The van der Waals surface area contributed by atoms with E-state index in [1.54, 1.807) is 0 Å². The van der Waals surface area contributed by atoms with Gasteiger partial charge in [0.25, 0.3) is 0 Å². The lowest BCUT2D eigenvalue weighted by Crippen LogP contribution is -1.94. The van der Waals surface area contributed by atoms with Gasteiger partial charge in [0, 0.05) is 21.5 Å². The van der Waals surface area contributed by atoms with Crippen molar-refractivity contribution in [2.75, 3.05) is 0 Å². The van der Waals surface area contributed by atoms with Crippen LogP contribution in [0.1, 0.15) is 30.9 Å². The summed E-state index contributed by atoms with van der Waals surface area (Å²) in [5.74, 6) is 0.350. The van der Waals surface area contributed by atoms with Crippen molar-refractivity contribution in [3.05, 3.63) is 114 Å². The third kappa shape index (κ3) is 2.82. The monoisotopic (exact) mass is 484 g/mol. The highest BCUT2D eigenvalue weighted by Crippen LogP contribution is 2.44. The normalized spacial score (nSPS) is 12.2. The largest absolute Gasteiger partial charge is 0.308 e. The Bertz CT molecular complexity index is 2150. The van der Waals surface area contributed by atoms with Crippen LogP contribution in [-0.2, 0) is 0 Å². The van der Waals surface area contributed by atoms with E-state index in [0.717, 1.165) is 5.56 Å². The fourth-order valence-electron chi connectivity index (χ4n) is 6.45. The zero-order valence-corrected chi connectivity index (χ0v) is 21.3. The molecule has 0 aliphatic carbocycles. The van der Waals surface area contributed by atoms with Crippen LogP contribution in [0.2, 0.25) is 0 Å². The van der Waals surface area contributed by atoms with Crippen LogP contribution < -0.4 is 0 Å². The van der Waals surface area contributed by atoms with Crippen molar-refractivity contribution >= 4 is 59.6 Å². The lowest BCUT2D eigenvalue weighted by molar-refractivity contribution is 0.869. The van der Waals surface area contributed by atoms with Gasteiger partial charge in [-0.2, -0.15) is 5.26 Å². The first kappa shape index (κ1) is 21.2. The predicted octanol–water partition coefficient (Wildman–Crippen LogP) is 9.81. The number of hydrogen-bond donors (Lipinski definition) is 0. The molecule has 0 atom stereocenters. The second-order valence-corrected chi connectivity index (χ2v) is 10.8. The van der Waals surface area contributed by atoms with Crippen molar-refractivity contribution in [1.29, 1.82) is 5.26 Å². The number of benzene rings is 6. The number of fused-ring (bicyclic) bond motifs is 8. The fourth-order valence-corrected chi connectivity index (χ4v) is 6.45. The Morgan fingerprint density at radius 3 is 1.63 bits per heavy atom. The SMILES string of the molecule is CC(C)c1ccc(C#N)cc1-c1cc2c3cc4ccccc4cc3n3c4cc5ccccc5cc4c(c1)c23. The van der Waals surface area contributed by atoms with Gasteiger partial charge in [0.1, 0.15) is 0 Å². The fraction of sp³-hybridized carbons (Fsp3) is 0.0833. The first-order valence-corrected chi connectivity index (χ1v) is 13.2. The Hall–Kier alpha value is -4.87. The van der Waals surface area contributed by atoms with Gasteiger partial charge in [0.2, 0.25) is 0 Å². The van der Waals surface area contributed by atoms with E-state index in [0.29, 0.717) is 11.5 Å². The third-order valence-electron chi connectivity index (χ3n) is 8.24. The van der Waals surface area contributed by atoms with Crippen LogP contribution in [0, 0.1) is 11.3 Å². The van der Waals surface area contributed by atoms with Crippen molar-refractivity contribution in [2.45, 2.75) is 19.8 Å². The van der Waals surface area contributed by atoms with Crippen LogP contribution in [0.25, 0.3) is 70.8 Å². The molecule has 0 amide bonds. The Kier molecular flexibility index (Phi) is 4.23. The molecular formula is C36H24N2. The van der Waals surface area contributed by atoms with E-state index < -0.39 is 0 Å². The van der Waals surface area contributed by atoms with Gasteiger partial charge >= 0.3 is 0 Å². The second-order valence-electron chi connectivity index (χ2n) is 10.8. The van der Waals surface area contributed by atoms with Crippen molar-refractivity contribution in [1.82, 2.24) is 4.40 Å². The van der Waals surface area contributed by atoms with Crippen molar-refractivity contribution in [3.63, 3.8) is 0 Å². The average molecular weight is 485 g/mol. The maximum Gasteiger partial charge on any atom is 0.0991 e. The summed E-state index contributed by atoms with van der Waals surface area (Å²) in [5, 5.41) is 19.8. The molecule has 178 valence electrons. The number of aromatic nitrogens is 1. The second kappa shape index (κ2) is 7.57. The minimum atomic E-state index is 0.350. The standard InChI is InChI=1S/C36H24N2/c1-21(2)28-12-11-22(20-37)13-29(28)27-16-32-30-14-23-7-3-5-9-25(23)18-34(30)38-35-19-26-10-6-4-8-24(26)15-31(35)33(17-27)36(32)38/h3-19,21H,1-2H3. The molecule has 2 nitrogen and oxygen atoms in total. The van der Waals surface area contributed by atoms with Crippen LogP contribution in [0.5, 0.6) is 0 Å². The van der Waals surface area contributed by atoms with Gasteiger partial charge in [-0.25, -0.2) is 0 Å². The quantitative estimate of drug-likeness (QED) is 0.240. The maximum absolute atomic E-state index is 9.71. The molecule has 2 heteroatoms. The van der Waals surface area contributed by atoms with E-state index in [1.807, 2.05) is 6.07 Å². The van der Waals surface area contributed by atoms with E-state index >= 15 is 0 Å². The highest BCUT2D eigenvalue weighted by molar-refractivity contribution is 6.27. The lowest BCUT2D eigenvalue weighted by Gasteiger charge is -2.14. The van der Waals surface area contributed by atoms with Gasteiger partial charge in [-0.05, 0) is 92.7 Å². The molecule has 0 N–H and O–H groups in total. The summed E-state index contributed by atoms with van der Waals surface area (Å²) in [5.41, 5.74) is 8.02. The summed E-state index contributed by atoms with van der Waals surface area (Å²) in [7, 11) is 0. The predicted molar refractivity (Wildman–Crippen MR) is 160 cm³/mol. The number of nitriles is 1. The lowest BCUT2D eigenvalue weighted by atomic mass is 9.89. The Labute approximate surface area is 220 Å².